The highest BCUT2D eigenvalue weighted by atomic mass is 16.5. The Morgan fingerprint density at radius 2 is 1.82 bits per heavy atom. The van der Waals surface area contributed by atoms with Crippen molar-refractivity contribution >= 4 is 6.08 Å². The first kappa shape index (κ1) is 12.4. The molecule has 0 spiro atoms. The van der Waals surface area contributed by atoms with E-state index in [2.05, 4.69) is 64.1 Å². The van der Waals surface area contributed by atoms with Crippen LogP contribution >= 0.6 is 0 Å². The zero-order valence-electron chi connectivity index (χ0n) is 11.2. The van der Waals surface area contributed by atoms with Gasteiger partial charge in [-0.05, 0) is 16.6 Å². The van der Waals surface area contributed by atoms with Crippen molar-refractivity contribution in [2.45, 2.75) is 33.8 Å². The van der Waals surface area contributed by atoms with E-state index in [0.717, 1.165) is 6.61 Å². The predicted octanol–water partition coefficient (Wildman–Crippen LogP) is 4.15. The van der Waals surface area contributed by atoms with Gasteiger partial charge in [0.2, 0.25) is 0 Å². The second kappa shape index (κ2) is 4.66. The van der Waals surface area contributed by atoms with Gasteiger partial charge in [0, 0.05) is 5.92 Å². The summed E-state index contributed by atoms with van der Waals surface area (Å²) < 4.78 is 5.95. The Balaban J connectivity index is 2.31. The topological polar surface area (TPSA) is 9.23 Å². The van der Waals surface area contributed by atoms with E-state index in [4.69, 9.17) is 4.74 Å². The smallest absolute Gasteiger partial charge is 0.0840 e. The Morgan fingerprint density at radius 3 is 2.41 bits per heavy atom. The van der Waals surface area contributed by atoms with Crippen molar-refractivity contribution in [3.05, 3.63) is 41.5 Å². The van der Waals surface area contributed by atoms with Crippen molar-refractivity contribution in [2.75, 3.05) is 6.61 Å². The number of hydrogen-bond donors (Lipinski definition) is 0. The average molecular weight is 230 g/mol. The fraction of sp³-hybridized carbons (Fsp3) is 0.500. The molecular formula is C16H22O. The highest BCUT2D eigenvalue weighted by molar-refractivity contribution is 5.55. The van der Waals surface area contributed by atoms with E-state index in [-0.39, 0.29) is 11.5 Å². The van der Waals surface area contributed by atoms with Gasteiger partial charge in [-0.3, -0.25) is 0 Å². The van der Waals surface area contributed by atoms with Gasteiger partial charge >= 0.3 is 0 Å². The summed E-state index contributed by atoms with van der Waals surface area (Å²) in [6.45, 7) is 9.83. The maximum absolute atomic E-state index is 5.95. The molecule has 0 amide bonds. The average Bonchev–Trinajstić information content (AvgIpc) is 2.62. The van der Waals surface area contributed by atoms with Gasteiger partial charge in [0.25, 0.3) is 0 Å². The zero-order valence-corrected chi connectivity index (χ0v) is 11.2. The lowest BCUT2D eigenvalue weighted by Crippen LogP contribution is -2.27. The summed E-state index contributed by atoms with van der Waals surface area (Å²) in [6, 6.07) is 10.5. The maximum Gasteiger partial charge on any atom is 0.0840 e. The molecule has 0 radical (unpaired) electrons. The molecule has 92 valence electrons. The van der Waals surface area contributed by atoms with Crippen molar-refractivity contribution < 1.29 is 4.74 Å². The van der Waals surface area contributed by atoms with Gasteiger partial charge in [-0.25, -0.2) is 0 Å². The normalized spacial score (nSPS) is 27.6. The minimum absolute atomic E-state index is 0.172. The first-order valence-electron chi connectivity index (χ1n) is 6.36. The molecule has 17 heavy (non-hydrogen) atoms. The van der Waals surface area contributed by atoms with Crippen LogP contribution in [0.1, 0.15) is 33.3 Å². The van der Waals surface area contributed by atoms with E-state index >= 15 is 0 Å². The molecule has 1 aromatic rings. The van der Waals surface area contributed by atoms with Gasteiger partial charge in [0.05, 0.1) is 12.7 Å². The van der Waals surface area contributed by atoms with Crippen LogP contribution in [0.4, 0.5) is 0 Å². The molecule has 1 nitrogen and oxygen atoms in total. The molecule has 2 atom stereocenters. The Morgan fingerprint density at radius 1 is 1.18 bits per heavy atom. The zero-order chi connectivity index (χ0) is 12.5. The van der Waals surface area contributed by atoms with E-state index in [1.165, 1.54) is 11.1 Å². The Hall–Kier alpha value is -1.08. The molecule has 1 aromatic carbocycles. The van der Waals surface area contributed by atoms with Crippen molar-refractivity contribution in [3.8, 4) is 0 Å². The van der Waals surface area contributed by atoms with Gasteiger partial charge < -0.3 is 4.74 Å². The van der Waals surface area contributed by atoms with Crippen molar-refractivity contribution in [1.29, 1.82) is 0 Å². The quantitative estimate of drug-likeness (QED) is 0.704. The molecule has 1 fully saturated rings. The summed E-state index contributed by atoms with van der Waals surface area (Å²) in [6.07, 6.45) is 2.55. The van der Waals surface area contributed by atoms with Gasteiger partial charge in [-0.1, -0.05) is 64.1 Å². The number of hydrogen-bond acceptors (Lipinski definition) is 1. The van der Waals surface area contributed by atoms with Crippen molar-refractivity contribution in [3.63, 3.8) is 0 Å². The first-order chi connectivity index (χ1) is 7.98. The molecule has 1 saturated heterocycles. The third-order valence-electron chi connectivity index (χ3n) is 3.30. The summed E-state index contributed by atoms with van der Waals surface area (Å²) in [5, 5.41) is 0. The third-order valence-corrected chi connectivity index (χ3v) is 3.30. The van der Waals surface area contributed by atoms with Crippen LogP contribution in [0.25, 0.3) is 6.08 Å². The molecular weight excluding hydrogens is 208 g/mol. The van der Waals surface area contributed by atoms with E-state index in [1.54, 1.807) is 0 Å². The minimum Gasteiger partial charge on any atom is -0.373 e. The molecule has 0 unspecified atom stereocenters. The fourth-order valence-electron chi connectivity index (χ4n) is 2.40. The molecule has 1 aliphatic heterocycles. The lowest BCUT2D eigenvalue weighted by molar-refractivity contribution is 0.0425. The lowest BCUT2D eigenvalue weighted by atomic mass is 9.81. The van der Waals surface area contributed by atoms with Gasteiger partial charge in [-0.15, -0.1) is 0 Å². The SMILES string of the molecule is C[C@H]1CO[C@H](C(C)(C)C)/C1=C\c1ccccc1. The molecule has 0 bridgehead atoms. The lowest BCUT2D eigenvalue weighted by Gasteiger charge is -2.27. The Kier molecular flexibility index (Phi) is 3.39. The van der Waals surface area contributed by atoms with Crippen molar-refractivity contribution in [2.24, 2.45) is 11.3 Å². The van der Waals surface area contributed by atoms with E-state index in [9.17, 15) is 0 Å². The fourth-order valence-corrected chi connectivity index (χ4v) is 2.40. The first-order valence-corrected chi connectivity index (χ1v) is 6.36. The largest absolute Gasteiger partial charge is 0.373 e. The Labute approximate surface area is 104 Å². The van der Waals surface area contributed by atoms with Crippen LogP contribution in [0, 0.1) is 11.3 Å². The van der Waals surface area contributed by atoms with Crippen LogP contribution in [0.5, 0.6) is 0 Å². The Bertz CT molecular complexity index is 397. The van der Waals surface area contributed by atoms with Crippen LogP contribution in [-0.4, -0.2) is 12.7 Å². The highest BCUT2D eigenvalue weighted by Crippen LogP contribution is 2.38. The van der Waals surface area contributed by atoms with Crippen LogP contribution in [0.3, 0.4) is 0 Å². The molecule has 0 aromatic heterocycles. The van der Waals surface area contributed by atoms with E-state index < -0.39 is 0 Å². The monoisotopic (exact) mass is 230 g/mol. The van der Waals surface area contributed by atoms with Crippen LogP contribution in [-0.2, 0) is 4.74 Å². The standard InChI is InChI=1S/C16H22O/c1-12-11-17-15(16(2,3)4)14(12)10-13-8-6-5-7-9-13/h5-10,12,15H,11H2,1-4H3/b14-10-/t12-,15-/m0/s1. The third kappa shape index (κ3) is 2.78. The number of benzene rings is 1. The molecule has 0 N–H and O–H groups in total. The van der Waals surface area contributed by atoms with Gasteiger partial charge in [-0.2, -0.15) is 0 Å². The molecule has 0 saturated carbocycles. The summed E-state index contributed by atoms with van der Waals surface area (Å²) >= 11 is 0. The molecule has 0 aliphatic carbocycles. The van der Waals surface area contributed by atoms with Gasteiger partial charge in [0.15, 0.2) is 0 Å². The summed E-state index contributed by atoms with van der Waals surface area (Å²) in [5.74, 6) is 0.527. The summed E-state index contributed by atoms with van der Waals surface area (Å²) in [5.41, 5.74) is 2.88. The van der Waals surface area contributed by atoms with Crippen LogP contribution in [0.15, 0.2) is 35.9 Å². The number of ether oxygens (including phenoxy) is 1. The van der Waals surface area contributed by atoms with E-state index in [0.29, 0.717) is 5.92 Å². The maximum atomic E-state index is 5.95. The molecule has 2 rings (SSSR count). The molecule has 1 heterocycles. The second-order valence-corrected chi connectivity index (χ2v) is 6.04. The van der Waals surface area contributed by atoms with Crippen LogP contribution in [0.2, 0.25) is 0 Å². The van der Waals surface area contributed by atoms with Crippen LogP contribution < -0.4 is 0 Å². The molecule has 1 heteroatoms. The number of rotatable bonds is 1. The van der Waals surface area contributed by atoms with E-state index in [1.807, 2.05) is 0 Å². The highest BCUT2D eigenvalue weighted by Gasteiger charge is 2.36. The molecule has 1 aliphatic rings. The van der Waals surface area contributed by atoms with Crippen molar-refractivity contribution in [1.82, 2.24) is 0 Å². The summed E-state index contributed by atoms with van der Waals surface area (Å²) in [7, 11) is 0. The van der Waals surface area contributed by atoms with Gasteiger partial charge in [0.1, 0.15) is 0 Å². The predicted molar refractivity (Wildman–Crippen MR) is 72.8 cm³/mol. The minimum atomic E-state index is 0.172. The second-order valence-electron chi connectivity index (χ2n) is 6.04. The summed E-state index contributed by atoms with van der Waals surface area (Å²) in [4.78, 5) is 0.